The highest BCUT2D eigenvalue weighted by Crippen LogP contribution is 2.39. The second kappa shape index (κ2) is 8.05. The Bertz CT molecular complexity index is 779. The first-order valence-corrected chi connectivity index (χ1v) is 10.4. The smallest absolute Gasteiger partial charge is 0.144 e. The van der Waals surface area contributed by atoms with Gasteiger partial charge in [-0.25, -0.2) is 4.39 Å². The highest BCUT2D eigenvalue weighted by atomic mass is 32.2. The van der Waals surface area contributed by atoms with Crippen LogP contribution in [0.3, 0.4) is 0 Å². The van der Waals surface area contributed by atoms with Gasteiger partial charge in [-0.05, 0) is 94.5 Å². The summed E-state index contributed by atoms with van der Waals surface area (Å²) in [7, 11) is 0. The first kappa shape index (κ1) is 19.3. The van der Waals surface area contributed by atoms with E-state index in [1.165, 1.54) is 11.6 Å². The van der Waals surface area contributed by atoms with E-state index in [9.17, 15) is 8.94 Å². The van der Waals surface area contributed by atoms with Gasteiger partial charge in [0.05, 0.1) is 11.7 Å². The average Bonchev–Trinajstić information content (AvgIpc) is 2.61. The number of benzene rings is 1. The van der Waals surface area contributed by atoms with Crippen LogP contribution in [-0.4, -0.2) is 20.5 Å². The lowest BCUT2D eigenvalue weighted by atomic mass is 9.77. The summed E-state index contributed by atoms with van der Waals surface area (Å²) in [4.78, 5) is 4.36. The molecule has 0 radical (unpaired) electrons. The van der Waals surface area contributed by atoms with Gasteiger partial charge < -0.3 is 4.55 Å². The molecule has 26 heavy (non-hydrogen) atoms. The molecule has 2 aromatic rings. The molecule has 3 nitrogen and oxygen atoms in total. The molecule has 140 valence electrons. The molecule has 1 saturated carbocycles. The lowest BCUT2D eigenvalue weighted by Gasteiger charge is -2.28. The predicted octanol–water partition coefficient (Wildman–Crippen LogP) is 5.57. The average molecular weight is 375 g/mol. The van der Waals surface area contributed by atoms with Gasteiger partial charge in [0.15, 0.2) is 0 Å². The molecular formula is C21H27FN2OS. The number of hydrogen-bond acceptors (Lipinski definition) is 3. The standard InChI is InChI=1S/C21H27FN2OS/c1-21(2,3)26(25)24-13-10-15-4-6-16(7-5-15)18-11-12-23-20-9-8-17(22)14-19(18)20/h8-9,11-16H,4-7,10H2,1-3H3/t15-,16+,26-/m0/s1. The van der Waals surface area contributed by atoms with E-state index in [4.69, 9.17) is 0 Å². The minimum absolute atomic E-state index is 0.205. The fourth-order valence-electron chi connectivity index (χ4n) is 3.62. The Morgan fingerprint density at radius 1 is 1.23 bits per heavy atom. The lowest BCUT2D eigenvalue weighted by molar-refractivity contribution is 0.336. The molecule has 1 heterocycles. The van der Waals surface area contributed by atoms with Gasteiger partial charge in [-0.3, -0.25) is 4.98 Å². The third-order valence-corrected chi connectivity index (χ3v) is 6.55. The third-order valence-electron chi connectivity index (χ3n) is 5.16. The minimum atomic E-state index is -1.17. The van der Waals surface area contributed by atoms with E-state index in [2.05, 4.69) is 9.38 Å². The molecule has 0 amide bonds. The zero-order valence-electron chi connectivity index (χ0n) is 15.7. The fraction of sp³-hybridized carbons (Fsp3) is 0.524. The van der Waals surface area contributed by atoms with Crippen molar-refractivity contribution in [1.29, 1.82) is 0 Å². The van der Waals surface area contributed by atoms with Gasteiger partial charge in [0, 0.05) is 11.6 Å². The molecule has 5 heteroatoms. The van der Waals surface area contributed by atoms with Crippen LogP contribution < -0.4 is 0 Å². The van der Waals surface area contributed by atoms with Crippen molar-refractivity contribution in [3.63, 3.8) is 0 Å². The van der Waals surface area contributed by atoms with Crippen LogP contribution in [0.25, 0.3) is 10.9 Å². The number of hydrogen-bond donors (Lipinski definition) is 0. The summed E-state index contributed by atoms with van der Waals surface area (Å²) in [6.07, 6.45) is 9.00. The Balaban J connectivity index is 1.61. The summed E-state index contributed by atoms with van der Waals surface area (Å²) in [6.45, 7) is 5.81. The van der Waals surface area contributed by atoms with Crippen molar-refractivity contribution in [3.05, 3.63) is 41.8 Å². The van der Waals surface area contributed by atoms with E-state index < -0.39 is 11.4 Å². The largest absolute Gasteiger partial charge is 0.591 e. The van der Waals surface area contributed by atoms with Gasteiger partial charge in [-0.1, -0.05) is 4.40 Å². The van der Waals surface area contributed by atoms with Gasteiger partial charge in [0.25, 0.3) is 0 Å². The molecule has 0 saturated heterocycles. The van der Waals surface area contributed by atoms with Crippen molar-refractivity contribution in [2.75, 3.05) is 0 Å². The molecular weight excluding hydrogens is 347 g/mol. The maximum Gasteiger partial charge on any atom is 0.144 e. The number of halogens is 1. The van der Waals surface area contributed by atoms with Crippen molar-refractivity contribution in [1.82, 2.24) is 4.98 Å². The Hall–Kier alpha value is -1.46. The minimum Gasteiger partial charge on any atom is -0.591 e. The molecule has 1 fully saturated rings. The van der Waals surface area contributed by atoms with Gasteiger partial charge in [0.2, 0.25) is 0 Å². The molecule has 0 aliphatic heterocycles. The van der Waals surface area contributed by atoms with Crippen LogP contribution in [0.1, 0.15) is 64.4 Å². The second-order valence-corrected chi connectivity index (χ2v) is 10.1. The van der Waals surface area contributed by atoms with Crippen molar-refractivity contribution in [2.24, 2.45) is 10.3 Å². The summed E-state index contributed by atoms with van der Waals surface area (Å²) < 4.78 is 29.6. The predicted molar refractivity (Wildman–Crippen MR) is 107 cm³/mol. The Labute approximate surface area is 158 Å². The van der Waals surface area contributed by atoms with E-state index in [0.29, 0.717) is 11.8 Å². The molecule has 1 atom stereocenters. The molecule has 0 bridgehead atoms. The van der Waals surface area contributed by atoms with Crippen LogP contribution in [-0.2, 0) is 11.4 Å². The summed E-state index contributed by atoms with van der Waals surface area (Å²) in [5, 5.41) is 0.943. The van der Waals surface area contributed by atoms with E-state index in [-0.39, 0.29) is 10.6 Å². The zero-order valence-corrected chi connectivity index (χ0v) is 16.6. The van der Waals surface area contributed by atoms with E-state index in [1.807, 2.05) is 39.2 Å². The Kier molecular flexibility index (Phi) is 5.98. The summed E-state index contributed by atoms with van der Waals surface area (Å²) >= 11 is -1.17. The van der Waals surface area contributed by atoms with Crippen LogP contribution in [0, 0.1) is 11.7 Å². The SMILES string of the molecule is CC(C)(C)[S@+]([O-])N=CC[C@H]1CC[C@@H](c2ccnc3ccc(F)cc32)CC1. The maximum absolute atomic E-state index is 13.7. The van der Waals surface area contributed by atoms with Crippen LogP contribution in [0.2, 0.25) is 0 Å². The van der Waals surface area contributed by atoms with E-state index >= 15 is 0 Å². The molecule has 0 spiro atoms. The molecule has 1 aromatic carbocycles. The van der Waals surface area contributed by atoms with Gasteiger partial charge in [-0.2, -0.15) is 0 Å². The van der Waals surface area contributed by atoms with Gasteiger partial charge >= 0.3 is 0 Å². The molecule has 3 rings (SSSR count). The number of fused-ring (bicyclic) bond motifs is 1. The normalized spacial score (nSPS) is 22.8. The van der Waals surface area contributed by atoms with Gasteiger partial charge in [-0.15, -0.1) is 0 Å². The second-order valence-electron chi connectivity index (χ2n) is 8.16. The van der Waals surface area contributed by atoms with Crippen molar-refractivity contribution in [3.8, 4) is 0 Å². The summed E-state index contributed by atoms with van der Waals surface area (Å²) in [6, 6.07) is 6.88. The lowest BCUT2D eigenvalue weighted by Crippen LogP contribution is -2.26. The van der Waals surface area contributed by atoms with Crippen LogP contribution in [0.15, 0.2) is 34.9 Å². The molecule has 0 unspecified atom stereocenters. The first-order chi connectivity index (χ1) is 12.3. The third kappa shape index (κ3) is 4.63. The van der Waals surface area contributed by atoms with Crippen LogP contribution >= 0.6 is 0 Å². The van der Waals surface area contributed by atoms with Crippen molar-refractivity contribution in [2.45, 2.75) is 63.5 Å². The molecule has 1 aliphatic rings. The monoisotopic (exact) mass is 374 g/mol. The topological polar surface area (TPSA) is 48.3 Å². The first-order valence-electron chi connectivity index (χ1n) is 9.33. The van der Waals surface area contributed by atoms with Gasteiger partial charge in [0.1, 0.15) is 21.9 Å². The highest BCUT2D eigenvalue weighted by Gasteiger charge is 2.27. The Morgan fingerprint density at radius 2 is 1.96 bits per heavy atom. The molecule has 1 aromatic heterocycles. The zero-order chi connectivity index (χ0) is 18.7. The van der Waals surface area contributed by atoms with Crippen molar-refractivity contribution >= 4 is 28.5 Å². The number of aromatic nitrogens is 1. The molecule has 0 N–H and O–H groups in total. The van der Waals surface area contributed by atoms with Crippen LogP contribution in [0.5, 0.6) is 0 Å². The fourth-order valence-corrected chi connectivity index (χ4v) is 4.16. The Morgan fingerprint density at radius 3 is 2.65 bits per heavy atom. The number of pyridine rings is 1. The van der Waals surface area contributed by atoms with Crippen molar-refractivity contribution < 1.29 is 8.94 Å². The van der Waals surface area contributed by atoms with E-state index in [0.717, 1.165) is 43.0 Å². The summed E-state index contributed by atoms with van der Waals surface area (Å²) in [5.74, 6) is 0.847. The highest BCUT2D eigenvalue weighted by molar-refractivity contribution is 7.91. The maximum atomic E-state index is 13.7. The number of rotatable bonds is 4. The van der Waals surface area contributed by atoms with Crippen LogP contribution in [0.4, 0.5) is 4.39 Å². The quantitative estimate of drug-likeness (QED) is 0.519. The summed E-state index contributed by atoms with van der Waals surface area (Å²) in [5.41, 5.74) is 2.08. The van der Waals surface area contributed by atoms with E-state index in [1.54, 1.807) is 12.1 Å². The molecule has 1 aliphatic carbocycles. The number of nitrogens with zero attached hydrogens (tertiary/aromatic N) is 2.